The van der Waals surface area contributed by atoms with Crippen LogP contribution in [0.4, 0.5) is 0 Å². The lowest BCUT2D eigenvalue weighted by Gasteiger charge is -2.30. The Balaban J connectivity index is 3.12. The molecule has 9 amide bonds. The predicted octanol–water partition coefficient (Wildman–Crippen LogP) is -4.14. The summed E-state index contributed by atoms with van der Waals surface area (Å²) >= 11 is 0. The molecular weight excluding hydrogens is 929 g/mol. The van der Waals surface area contributed by atoms with Gasteiger partial charge in [0.05, 0.1) is 19.2 Å². The van der Waals surface area contributed by atoms with Gasteiger partial charge in [-0.1, -0.05) is 41.5 Å². The van der Waals surface area contributed by atoms with Crippen LogP contribution in [0.3, 0.4) is 0 Å². The molecule has 26 nitrogen and oxygen atoms in total. The zero-order valence-electron chi connectivity index (χ0n) is 42.5. The highest BCUT2D eigenvalue weighted by Gasteiger charge is 2.40. The number of amides is 9. The van der Waals surface area contributed by atoms with E-state index in [0.29, 0.717) is 25.8 Å². The Morgan fingerprint density at radius 3 is 1.77 bits per heavy atom. The van der Waals surface area contributed by atoms with E-state index in [4.69, 9.17) is 22.9 Å². The summed E-state index contributed by atoms with van der Waals surface area (Å²) in [5, 5.41) is 40.1. The maximum atomic E-state index is 14.1. The molecule has 0 bridgehead atoms. The largest absolute Gasteiger partial charge is 0.480 e. The minimum atomic E-state index is -1.47. The molecule has 0 aromatic heterocycles. The van der Waals surface area contributed by atoms with Gasteiger partial charge in [0.25, 0.3) is 0 Å². The van der Waals surface area contributed by atoms with Gasteiger partial charge < -0.3 is 80.6 Å². The fourth-order valence-electron chi connectivity index (χ4n) is 7.58. The number of likely N-dealkylation sites (tertiary alicyclic amines) is 1. The van der Waals surface area contributed by atoms with Crippen molar-refractivity contribution in [1.82, 2.24) is 47.4 Å². The molecule has 1 rings (SSSR count). The highest BCUT2D eigenvalue weighted by Crippen LogP contribution is 2.21. The first-order chi connectivity index (χ1) is 33.2. The van der Waals surface area contributed by atoms with Crippen molar-refractivity contribution in [3.05, 3.63) is 0 Å². The van der Waals surface area contributed by atoms with E-state index in [-0.39, 0.29) is 69.4 Å². The molecular formula is C45H82N14O12. The lowest BCUT2D eigenvalue weighted by molar-refractivity contribution is -0.144. The topological polar surface area (TPSA) is 427 Å². The molecule has 1 heterocycles. The number of nitrogens with one attached hydrogen (secondary N) is 8. The second-order valence-electron chi connectivity index (χ2n) is 19.0. The molecule has 0 aliphatic carbocycles. The van der Waals surface area contributed by atoms with Crippen molar-refractivity contribution >= 4 is 65.1 Å². The van der Waals surface area contributed by atoms with Crippen LogP contribution in [0.2, 0.25) is 0 Å². The van der Waals surface area contributed by atoms with E-state index < -0.39 is 133 Å². The normalized spacial score (nSPS) is 16.8. The average Bonchev–Trinajstić information content (AvgIpc) is 3.78. The molecule has 26 heteroatoms. The lowest BCUT2D eigenvalue weighted by atomic mass is 10.00. The van der Waals surface area contributed by atoms with Crippen molar-refractivity contribution < 1.29 is 58.2 Å². The summed E-state index contributed by atoms with van der Waals surface area (Å²) in [6.07, 6.45) is 0.946. The van der Waals surface area contributed by atoms with Crippen LogP contribution < -0.4 is 65.5 Å². The molecule has 1 saturated heterocycles. The summed E-state index contributed by atoms with van der Waals surface area (Å²) in [4.78, 5) is 137. The average molecular weight is 1010 g/mol. The number of carboxylic acid groups (broad SMARTS) is 1. The highest BCUT2D eigenvalue weighted by molar-refractivity contribution is 5.98. The first kappa shape index (κ1) is 62.9. The SMILES string of the molecule is CC(C)C[C@H](NC(=O)[C@H](CC(C)C)NC(=O)[C@@H]1CCCN1C(=O)[C@H](CCCCN)NC(=O)CNC(=O)[C@@H](NC(=O)[C@H](C)NC(=O)[C@H](CCCN=C(N)N)NC(=O)[C@@H](NC(=O)CN)[C@@H](C)O)C(C)C)C(=O)O. The molecule has 71 heavy (non-hydrogen) atoms. The molecule has 0 aromatic rings. The van der Waals surface area contributed by atoms with E-state index in [0.717, 1.165) is 0 Å². The van der Waals surface area contributed by atoms with Gasteiger partial charge in [0, 0.05) is 13.1 Å². The summed E-state index contributed by atoms with van der Waals surface area (Å²) in [6, 6.07) is -9.66. The maximum absolute atomic E-state index is 14.1. The number of hydrogen-bond acceptors (Lipinski definition) is 14. The van der Waals surface area contributed by atoms with Crippen molar-refractivity contribution in [3.63, 3.8) is 0 Å². The standard InChI is InChI=1S/C45H82N14O12/c1-23(2)19-30(39(65)56-31(44(70)71)20-24(3)4)55-40(66)32-15-12-18-59(32)43(69)29(13-9-10-16-46)53-34(62)22-51-41(67)35(25(5)6)58-37(63)26(7)52-38(64)28(14-11-17-50-45(48)49)54-42(68)36(27(8)60)57-33(61)21-47/h23-32,35-36,60H,9-22,46-47H2,1-8H3,(H,51,67)(H,52,64)(H,53,62)(H,54,68)(H,55,66)(H,56,65)(H,57,61)(H,58,63)(H,70,71)(H4,48,49,50)/t26-,27+,28-,29-,30-,31-,32-,35-,36-/m0/s1. The third kappa shape index (κ3) is 23.1. The highest BCUT2D eigenvalue weighted by atomic mass is 16.4. The first-order valence-corrected chi connectivity index (χ1v) is 24.3. The van der Waals surface area contributed by atoms with Crippen LogP contribution in [-0.4, -0.2) is 167 Å². The molecule has 9 atom stereocenters. The Kier molecular flexibility index (Phi) is 28.3. The number of aliphatic carboxylic acids is 1. The number of aliphatic hydroxyl groups excluding tert-OH is 1. The second-order valence-corrected chi connectivity index (χ2v) is 19.0. The minimum absolute atomic E-state index is 0.0330. The lowest BCUT2D eigenvalue weighted by Crippen LogP contribution is -2.60. The van der Waals surface area contributed by atoms with E-state index in [1.165, 1.54) is 18.7 Å². The Morgan fingerprint density at radius 1 is 0.634 bits per heavy atom. The van der Waals surface area contributed by atoms with Gasteiger partial charge in [-0.15, -0.1) is 0 Å². The number of carboxylic acids is 1. The van der Waals surface area contributed by atoms with Crippen LogP contribution in [0.25, 0.3) is 0 Å². The fraction of sp³-hybridized carbons (Fsp3) is 0.756. The van der Waals surface area contributed by atoms with Crippen LogP contribution in [0.5, 0.6) is 0 Å². The zero-order chi connectivity index (χ0) is 54.1. The van der Waals surface area contributed by atoms with Gasteiger partial charge in [-0.25, -0.2) is 4.79 Å². The van der Waals surface area contributed by atoms with E-state index in [1.54, 1.807) is 13.8 Å². The molecule has 18 N–H and O–H groups in total. The number of rotatable bonds is 32. The van der Waals surface area contributed by atoms with Crippen molar-refractivity contribution in [3.8, 4) is 0 Å². The minimum Gasteiger partial charge on any atom is -0.480 e. The smallest absolute Gasteiger partial charge is 0.326 e. The van der Waals surface area contributed by atoms with Gasteiger partial charge in [0.2, 0.25) is 53.2 Å². The van der Waals surface area contributed by atoms with Gasteiger partial charge in [-0.05, 0) is 95.9 Å². The number of guanidine groups is 1. The van der Waals surface area contributed by atoms with Crippen molar-refractivity contribution in [2.75, 3.05) is 32.7 Å². The van der Waals surface area contributed by atoms with E-state index in [2.05, 4.69) is 47.5 Å². The van der Waals surface area contributed by atoms with Gasteiger partial charge in [0.15, 0.2) is 5.96 Å². The number of hydrogen-bond donors (Lipinski definition) is 14. The fourth-order valence-corrected chi connectivity index (χ4v) is 7.58. The van der Waals surface area contributed by atoms with Crippen molar-refractivity contribution in [2.45, 2.75) is 168 Å². The Bertz CT molecular complexity index is 1840. The predicted molar refractivity (Wildman–Crippen MR) is 262 cm³/mol. The van der Waals surface area contributed by atoms with Gasteiger partial charge >= 0.3 is 5.97 Å². The molecule has 1 aliphatic heterocycles. The van der Waals surface area contributed by atoms with E-state index >= 15 is 0 Å². The molecule has 0 aromatic carbocycles. The Labute approximate surface area is 415 Å². The van der Waals surface area contributed by atoms with Gasteiger partial charge in [-0.3, -0.25) is 48.1 Å². The number of unbranched alkanes of at least 4 members (excludes halogenated alkanes) is 1. The molecule has 1 fully saturated rings. The van der Waals surface area contributed by atoms with Crippen LogP contribution in [0.1, 0.15) is 113 Å². The summed E-state index contributed by atoms with van der Waals surface area (Å²) in [5.74, 6) is -8.69. The molecule has 0 saturated carbocycles. The zero-order valence-corrected chi connectivity index (χ0v) is 42.5. The molecule has 0 unspecified atom stereocenters. The number of carbonyl (C=O) groups excluding carboxylic acids is 9. The summed E-state index contributed by atoms with van der Waals surface area (Å²) in [5.41, 5.74) is 21.8. The van der Waals surface area contributed by atoms with Crippen molar-refractivity contribution in [2.24, 2.45) is 45.7 Å². The number of nitrogens with two attached hydrogens (primary N) is 4. The monoisotopic (exact) mass is 1010 g/mol. The van der Waals surface area contributed by atoms with E-state index in [9.17, 15) is 58.2 Å². The number of nitrogens with zero attached hydrogens (tertiary/aromatic N) is 2. The third-order valence-corrected chi connectivity index (χ3v) is 11.3. The van der Waals surface area contributed by atoms with Crippen LogP contribution in [0.15, 0.2) is 4.99 Å². The first-order valence-electron chi connectivity index (χ1n) is 24.3. The van der Waals surface area contributed by atoms with E-state index in [1.807, 2.05) is 27.7 Å². The van der Waals surface area contributed by atoms with Gasteiger partial charge in [-0.2, -0.15) is 0 Å². The third-order valence-electron chi connectivity index (χ3n) is 11.3. The summed E-state index contributed by atoms with van der Waals surface area (Å²) in [6.45, 7) is 12.6. The van der Waals surface area contributed by atoms with Gasteiger partial charge in [0.1, 0.15) is 48.3 Å². The number of carbonyl (C=O) groups is 10. The number of aliphatic imine (C=N–C) groups is 1. The molecule has 1 aliphatic rings. The van der Waals surface area contributed by atoms with Crippen LogP contribution in [0, 0.1) is 17.8 Å². The Morgan fingerprint density at radius 2 is 1.23 bits per heavy atom. The Hall–Kier alpha value is -6.15. The number of aliphatic hydroxyl groups is 1. The maximum Gasteiger partial charge on any atom is 0.326 e. The summed E-state index contributed by atoms with van der Waals surface area (Å²) < 4.78 is 0. The molecule has 0 radical (unpaired) electrons. The summed E-state index contributed by atoms with van der Waals surface area (Å²) in [7, 11) is 0. The molecule has 404 valence electrons. The van der Waals surface area contributed by atoms with Crippen LogP contribution in [-0.2, 0) is 47.9 Å². The quantitative estimate of drug-likeness (QED) is 0.0173. The van der Waals surface area contributed by atoms with Crippen molar-refractivity contribution in [1.29, 1.82) is 0 Å². The molecule has 0 spiro atoms. The second kappa shape index (κ2) is 31.9. The van der Waals surface area contributed by atoms with Crippen LogP contribution >= 0.6 is 0 Å².